The molecule has 0 spiro atoms. The van der Waals surface area contributed by atoms with E-state index in [0.717, 1.165) is 37.4 Å². The number of amides is 1. The van der Waals surface area contributed by atoms with Crippen LogP contribution in [-0.4, -0.2) is 61.0 Å². The molecule has 2 fully saturated rings. The number of hydrogen-bond donors (Lipinski definition) is 3. The third-order valence-corrected chi connectivity index (χ3v) is 7.00. The van der Waals surface area contributed by atoms with Gasteiger partial charge in [-0.05, 0) is 18.2 Å². The topological polar surface area (TPSA) is 138 Å². The molecule has 38 heavy (non-hydrogen) atoms. The molecule has 192 valence electrons. The van der Waals surface area contributed by atoms with Crippen molar-refractivity contribution in [2.75, 3.05) is 36.5 Å². The minimum absolute atomic E-state index is 0.202. The standard InChI is InChI=1S/C28H27N7O3/c29-24(21-10-6-12-31-26(21)35-13-18-15-37-16-19(18)14-35)38-28(30)34-25-27(36)32-22-11-5-4-9-20(22)23(33-25)17-7-2-1-3-8-17/h1-12,18-19,25,29H,13-16H2,(H2,30,34)(H,32,36)/t18-,19?,25?/m0/s1. The molecule has 10 nitrogen and oxygen atoms in total. The van der Waals surface area contributed by atoms with Gasteiger partial charge in [-0.2, -0.15) is 4.99 Å². The minimum atomic E-state index is -1.20. The molecule has 4 heterocycles. The molecule has 3 atom stereocenters. The summed E-state index contributed by atoms with van der Waals surface area (Å²) in [5.41, 5.74) is 9.46. The summed E-state index contributed by atoms with van der Waals surface area (Å²) in [4.78, 5) is 28.6. The summed E-state index contributed by atoms with van der Waals surface area (Å²) in [6, 6.07) is 20.2. The number of carbonyl (C=O) groups excluding carboxylic acids is 1. The fourth-order valence-electron chi connectivity index (χ4n) is 5.15. The van der Waals surface area contributed by atoms with E-state index in [1.165, 1.54) is 0 Å². The van der Waals surface area contributed by atoms with Crippen LogP contribution >= 0.6 is 0 Å². The second kappa shape index (κ2) is 10.1. The van der Waals surface area contributed by atoms with Crippen molar-refractivity contribution in [3.05, 3.63) is 89.6 Å². The zero-order chi connectivity index (χ0) is 26.1. The van der Waals surface area contributed by atoms with Crippen LogP contribution in [-0.2, 0) is 14.3 Å². The molecule has 0 bridgehead atoms. The van der Waals surface area contributed by atoms with Crippen LogP contribution in [0.5, 0.6) is 0 Å². The second-order valence-corrected chi connectivity index (χ2v) is 9.49. The van der Waals surface area contributed by atoms with Crippen molar-refractivity contribution in [2.45, 2.75) is 6.17 Å². The molecule has 0 saturated carbocycles. The van der Waals surface area contributed by atoms with E-state index in [2.05, 4.69) is 25.2 Å². The summed E-state index contributed by atoms with van der Waals surface area (Å²) in [5, 5.41) is 11.5. The Morgan fingerprint density at radius 1 is 1.05 bits per heavy atom. The first kappa shape index (κ1) is 23.8. The molecule has 2 unspecified atom stereocenters. The molecule has 10 heteroatoms. The highest BCUT2D eigenvalue weighted by atomic mass is 16.5. The lowest BCUT2D eigenvalue weighted by molar-refractivity contribution is -0.117. The number of fused-ring (bicyclic) bond motifs is 2. The van der Waals surface area contributed by atoms with Crippen LogP contribution in [0.4, 0.5) is 11.5 Å². The van der Waals surface area contributed by atoms with E-state index in [4.69, 9.17) is 20.6 Å². The third-order valence-electron chi connectivity index (χ3n) is 7.00. The van der Waals surface area contributed by atoms with Crippen LogP contribution in [0.15, 0.2) is 82.9 Å². The van der Waals surface area contributed by atoms with E-state index in [1.54, 1.807) is 18.3 Å². The number of amidine groups is 1. The highest BCUT2D eigenvalue weighted by molar-refractivity contribution is 6.19. The Morgan fingerprint density at radius 2 is 1.79 bits per heavy atom. The van der Waals surface area contributed by atoms with Crippen LogP contribution < -0.4 is 16.0 Å². The van der Waals surface area contributed by atoms with Gasteiger partial charge >= 0.3 is 0 Å². The fraction of sp³-hybridized carbons (Fsp3) is 0.250. The molecular weight excluding hydrogens is 482 g/mol. The number of nitrogens with one attached hydrogen (secondary N) is 2. The van der Waals surface area contributed by atoms with Gasteiger partial charge in [0.25, 0.3) is 11.9 Å². The Morgan fingerprint density at radius 3 is 2.58 bits per heavy atom. The second-order valence-electron chi connectivity index (χ2n) is 9.49. The number of rotatable bonds is 4. The van der Waals surface area contributed by atoms with Gasteiger partial charge in [0.05, 0.1) is 30.2 Å². The molecule has 3 aromatic rings. The van der Waals surface area contributed by atoms with Gasteiger partial charge in [0.1, 0.15) is 5.82 Å². The van der Waals surface area contributed by atoms with E-state index < -0.39 is 12.1 Å². The molecule has 0 radical (unpaired) electrons. The molecule has 0 aliphatic carbocycles. The van der Waals surface area contributed by atoms with Gasteiger partial charge in [0.15, 0.2) is 0 Å². The summed E-state index contributed by atoms with van der Waals surface area (Å²) < 4.78 is 11.2. The first-order chi connectivity index (χ1) is 18.6. The fourth-order valence-corrected chi connectivity index (χ4v) is 5.15. The Kier molecular flexibility index (Phi) is 6.30. The number of ether oxygens (including phenoxy) is 2. The number of nitrogens with two attached hydrogens (primary N) is 1. The van der Waals surface area contributed by atoms with Gasteiger partial charge in [-0.3, -0.25) is 10.2 Å². The summed E-state index contributed by atoms with van der Waals surface area (Å²) in [6.45, 7) is 3.11. The molecule has 6 rings (SSSR count). The zero-order valence-electron chi connectivity index (χ0n) is 20.6. The average Bonchev–Trinajstić information content (AvgIpc) is 3.51. The number of hydrogen-bond acceptors (Lipinski definition) is 8. The molecule has 3 aliphatic heterocycles. The number of carbonyl (C=O) groups is 1. The van der Waals surface area contributed by atoms with E-state index in [-0.39, 0.29) is 11.9 Å². The predicted molar refractivity (Wildman–Crippen MR) is 145 cm³/mol. The number of benzene rings is 2. The Bertz CT molecular complexity index is 1430. The Labute approximate surface area is 219 Å². The Balaban J connectivity index is 1.26. The quantitative estimate of drug-likeness (QED) is 0.365. The SMILES string of the molecule is N=C(OC(N)=NC1N=C(c2ccccc2)c2ccccc2NC1=O)c1cccnc1N1CC2COC[C@@H]2C1. The monoisotopic (exact) mass is 509 g/mol. The van der Waals surface area contributed by atoms with Gasteiger partial charge in [-0.1, -0.05) is 48.5 Å². The van der Waals surface area contributed by atoms with Gasteiger partial charge < -0.3 is 25.4 Å². The maximum absolute atomic E-state index is 13.1. The van der Waals surface area contributed by atoms with Crippen molar-refractivity contribution >= 4 is 35.0 Å². The molecule has 4 N–H and O–H groups in total. The molecule has 1 aromatic heterocycles. The van der Waals surface area contributed by atoms with E-state index >= 15 is 0 Å². The number of benzodiazepines with no additional fused rings is 1. The lowest BCUT2D eigenvalue weighted by Crippen LogP contribution is -2.30. The normalized spacial score (nSPS) is 22.7. The smallest absolute Gasteiger partial charge is 0.291 e. The lowest BCUT2D eigenvalue weighted by Gasteiger charge is -2.21. The number of pyridine rings is 1. The van der Waals surface area contributed by atoms with E-state index in [0.29, 0.717) is 34.6 Å². The van der Waals surface area contributed by atoms with Crippen LogP contribution in [0, 0.1) is 17.2 Å². The zero-order valence-corrected chi connectivity index (χ0v) is 20.6. The summed E-state index contributed by atoms with van der Waals surface area (Å²) in [6.07, 6.45) is 0.498. The number of nitrogens with zero attached hydrogens (tertiary/aromatic N) is 4. The van der Waals surface area contributed by atoms with Crippen molar-refractivity contribution in [3.8, 4) is 0 Å². The summed E-state index contributed by atoms with van der Waals surface area (Å²) >= 11 is 0. The molecule has 1 amide bonds. The maximum Gasteiger partial charge on any atom is 0.291 e. The van der Waals surface area contributed by atoms with E-state index in [1.807, 2.05) is 54.6 Å². The number of anilines is 2. The number of para-hydroxylation sites is 1. The van der Waals surface area contributed by atoms with Gasteiger partial charge in [0.2, 0.25) is 12.1 Å². The van der Waals surface area contributed by atoms with Crippen LogP contribution in [0.3, 0.4) is 0 Å². The van der Waals surface area contributed by atoms with Gasteiger partial charge in [0, 0.05) is 42.2 Å². The van der Waals surface area contributed by atoms with Crippen molar-refractivity contribution < 1.29 is 14.3 Å². The van der Waals surface area contributed by atoms with Crippen molar-refractivity contribution in [1.82, 2.24) is 4.98 Å². The molecular formula is C28H27N7O3. The highest BCUT2D eigenvalue weighted by Gasteiger charge is 2.38. The Hall–Kier alpha value is -4.57. The van der Waals surface area contributed by atoms with Crippen LogP contribution in [0.1, 0.15) is 16.7 Å². The van der Waals surface area contributed by atoms with Gasteiger partial charge in [-0.25, -0.2) is 9.98 Å². The average molecular weight is 510 g/mol. The molecule has 3 aliphatic rings. The van der Waals surface area contributed by atoms with E-state index in [9.17, 15) is 4.79 Å². The molecule has 2 aromatic carbocycles. The predicted octanol–water partition coefficient (Wildman–Crippen LogP) is 2.64. The molecule has 2 saturated heterocycles. The largest absolute Gasteiger partial charge is 0.407 e. The van der Waals surface area contributed by atoms with Crippen molar-refractivity contribution in [3.63, 3.8) is 0 Å². The highest BCUT2D eigenvalue weighted by Crippen LogP contribution is 2.33. The lowest BCUT2D eigenvalue weighted by atomic mass is 10.0. The van der Waals surface area contributed by atoms with Gasteiger partial charge in [-0.15, -0.1) is 0 Å². The first-order valence-electron chi connectivity index (χ1n) is 12.5. The maximum atomic E-state index is 13.1. The minimum Gasteiger partial charge on any atom is -0.407 e. The van der Waals surface area contributed by atoms with Crippen molar-refractivity contribution in [1.29, 1.82) is 5.41 Å². The summed E-state index contributed by atoms with van der Waals surface area (Å²) in [5.74, 6) is 0.926. The van der Waals surface area contributed by atoms with Crippen LogP contribution in [0.25, 0.3) is 0 Å². The number of aromatic nitrogens is 1. The third kappa shape index (κ3) is 4.61. The number of aliphatic imine (C=N–C) groups is 2. The first-order valence-corrected chi connectivity index (χ1v) is 12.5. The van der Waals surface area contributed by atoms with Crippen molar-refractivity contribution in [2.24, 2.45) is 27.6 Å². The van der Waals surface area contributed by atoms with Crippen LogP contribution in [0.2, 0.25) is 0 Å². The summed E-state index contributed by atoms with van der Waals surface area (Å²) in [7, 11) is 0.